The van der Waals surface area contributed by atoms with E-state index in [0.717, 1.165) is 73.0 Å². The molecular weight excluding hydrogens is 1370 g/mol. The summed E-state index contributed by atoms with van der Waals surface area (Å²) >= 11 is 0. The lowest BCUT2D eigenvalue weighted by molar-refractivity contribution is 0.590. The maximum absolute atomic E-state index is 7.03. The molecule has 544 valence electrons. The Morgan fingerprint density at radius 1 is 0.257 bits per heavy atom. The molecule has 22 rings (SSSR count). The summed E-state index contributed by atoms with van der Waals surface area (Å²) in [4.78, 5) is 5.33. The van der Waals surface area contributed by atoms with Crippen molar-refractivity contribution in [3.05, 3.63) is 331 Å². The van der Waals surface area contributed by atoms with Gasteiger partial charge in [0.1, 0.15) is 11.2 Å². The van der Waals surface area contributed by atoms with Crippen molar-refractivity contribution >= 4 is 187 Å². The molecule has 5 heterocycles. The molecule has 0 bridgehead atoms. The van der Waals surface area contributed by atoms with Crippen LogP contribution in [0.15, 0.2) is 302 Å². The Morgan fingerprint density at radius 3 is 0.956 bits per heavy atom. The van der Waals surface area contributed by atoms with E-state index in [1.165, 1.54) is 152 Å². The van der Waals surface area contributed by atoms with Gasteiger partial charge in [0.15, 0.2) is 0 Å². The average Bonchev–Trinajstić information content (AvgIpc) is 0.975. The fourth-order valence-corrected chi connectivity index (χ4v) is 19.7. The summed E-state index contributed by atoms with van der Waals surface area (Å²) in [5.41, 5.74) is 26.6. The summed E-state index contributed by atoms with van der Waals surface area (Å²) in [6, 6.07) is 115. The van der Waals surface area contributed by atoms with Gasteiger partial charge in [0.05, 0.1) is 22.1 Å². The normalized spacial score (nSPS) is 13.5. The second-order valence-electron chi connectivity index (χ2n) is 36.4. The summed E-state index contributed by atoms with van der Waals surface area (Å²) in [7, 11) is 0. The van der Waals surface area contributed by atoms with E-state index in [-0.39, 0.29) is 28.4 Å². The monoisotopic (exact) mass is 1450 g/mol. The second-order valence-corrected chi connectivity index (χ2v) is 36.4. The van der Waals surface area contributed by atoms with Crippen LogP contribution >= 0.6 is 0 Å². The van der Waals surface area contributed by atoms with Crippen LogP contribution in [0.1, 0.15) is 116 Å². The molecule has 0 fully saturated rings. The molecule has 0 saturated carbocycles. The van der Waals surface area contributed by atoms with Gasteiger partial charge in [-0.15, -0.1) is 0 Å². The molecule has 0 unspecified atom stereocenters. The maximum Gasteiger partial charge on any atom is 0.252 e. The molecule has 5 nitrogen and oxygen atoms in total. The van der Waals surface area contributed by atoms with E-state index in [0.29, 0.717) is 6.42 Å². The Kier molecular flexibility index (Phi) is 14.3. The highest BCUT2D eigenvalue weighted by atomic mass is 16.3. The molecule has 2 aliphatic rings. The van der Waals surface area contributed by atoms with Crippen molar-refractivity contribution in [1.29, 1.82) is 0 Å². The Bertz CT molecular complexity index is 6940. The van der Waals surface area contributed by atoms with Crippen LogP contribution in [0.2, 0.25) is 0 Å². The first-order valence-corrected chi connectivity index (χ1v) is 40.4. The highest BCUT2D eigenvalue weighted by molar-refractivity contribution is 7.00. The van der Waals surface area contributed by atoms with Crippen molar-refractivity contribution in [2.75, 3.05) is 9.80 Å². The van der Waals surface area contributed by atoms with Gasteiger partial charge >= 0.3 is 0 Å². The molecule has 3 aromatic heterocycles. The quantitative estimate of drug-likeness (QED) is 0.123. The largest absolute Gasteiger partial charge is 0.456 e. The lowest BCUT2D eigenvalue weighted by Crippen LogP contribution is -2.61. The standard InChI is InChI=1S/C107H87BN4O/c1-104(2,3)65-36-48-93-87(55-65)88-56-66(105(4,5)6)37-49-94(88)109(93)71-42-46-91-97(61-71)111(69-40-44-81-77-29-15-13-25-73(77)75-27-17-19-31-79(75)85(81)59-69)99-53-63(52-64-24-23-34-84-83-33-21-22-35-101(83)113-103(64)84)54-100-102(99)108(91)92-47-43-72(110-95-50-38-67(106(7,8)9)57-89(95)90-58-68(107(10,11)12)39-51-96(90)110)62-98(92)112(100)70-41-45-82-78-30-16-14-26-74(78)76-28-18-20-32-80(76)86(82)60-70/h13-51,53-62H,52H2,1-12H3. The van der Waals surface area contributed by atoms with Crippen LogP contribution < -0.4 is 26.2 Å². The molecule has 2 aliphatic heterocycles. The molecule has 0 N–H and O–H groups in total. The SMILES string of the molecule is CC(C)(C)c1ccc2c(c1)c1cc(C(C)(C)C)ccc1n2-c1ccc2c(c1)N(c1ccc3c4ccccc4c4ccccc4c3c1)c1cc(Cc3cccc4c3oc3ccccc34)cc3c1B2c1ccc(-n2c4ccc(C(C)(C)C)cc4c4cc(C(C)(C)C)ccc42)cc1N3c1ccc2c3ccccc3c3ccccc3c2c1. The Balaban J connectivity index is 0.875. The number of anilines is 6. The minimum atomic E-state index is -0.229. The summed E-state index contributed by atoms with van der Waals surface area (Å²) in [6.45, 7) is 27.8. The fraction of sp³-hybridized carbons (Fsp3) is 0.159. The minimum Gasteiger partial charge on any atom is -0.456 e. The molecular formula is C107H87BN4O. The highest BCUT2D eigenvalue weighted by Gasteiger charge is 2.45. The first-order chi connectivity index (χ1) is 54.6. The van der Waals surface area contributed by atoms with Crippen molar-refractivity contribution in [3.63, 3.8) is 0 Å². The summed E-state index contributed by atoms with van der Waals surface area (Å²) in [6.07, 6.45) is 0.606. The van der Waals surface area contributed by atoms with E-state index in [1.54, 1.807) is 0 Å². The molecule has 6 heteroatoms. The second kappa shape index (κ2) is 23.9. The molecule has 0 amide bonds. The van der Waals surface area contributed by atoms with Gasteiger partial charge in [-0.05, 0) is 251 Å². The molecule has 0 saturated heterocycles. The van der Waals surface area contributed by atoms with Crippen molar-refractivity contribution in [2.45, 2.75) is 111 Å². The number of hydrogen-bond donors (Lipinski definition) is 0. The van der Waals surface area contributed by atoms with Gasteiger partial charge < -0.3 is 23.4 Å². The van der Waals surface area contributed by atoms with Crippen LogP contribution in [-0.4, -0.2) is 15.8 Å². The number of fused-ring (bicyclic) bond motifs is 25. The lowest BCUT2D eigenvalue weighted by atomic mass is 9.33. The average molecular weight is 1460 g/mol. The lowest BCUT2D eigenvalue weighted by Gasteiger charge is -2.45. The Labute approximate surface area is 659 Å². The number of aromatic nitrogens is 2. The third-order valence-electron chi connectivity index (χ3n) is 25.5. The predicted molar refractivity (Wildman–Crippen MR) is 486 cm³/mol. The van der Waals surface area contributed by atoms with E-state index in [1.807, 2.05) is 0 Å². The highest BCUT2D eigenvalue weighted by Crippen LogP contribution is 2.51. The van der Waals surface area contributed by atoms with Crippen LogP contribution in [0.4, 0.5) is 34.1 Å². The summed E-state index contributed by atoms with van der Waals surface area (Å²) in [5.74, 6) is 0. The van der Waals surface area contributed by atoms with Crippen molar-refractivity contribution in [1.82, 2.24) is 9.13 Å². The van der Waals surface area contributed by atoms with Crippen LogP contribution in [0.25, 0.3) is 142 Å². The summed E-state index contributed by atoms with van der Waals surface area (Å²) in [5, 5.41) is 22.2. The molecule has 0 aliphatic carbocycles. The number of rotatable bonds is 6. The zero-order chi connectivity index (χ0) is 76.6. The summed E-state index contributed by atoms with van der Waals surface area (Å²) < 4.78 is 12.1. The first-order valence-electron chi connectivity index (χ1n) is 40.4. The van der Waals surface area contributed by atoms with E-state index in [2.05, 4.69) is 399 Å². The number of benzene rings is 17. The van der Waals surface area contributed by atoms with Gasteiger partial charge in [-0.25, -0.2) is 0 Å². The van der Waals surface area contributed by atoms with Gasteiger partial charge in [0.2, 0.25) is 0 Å². The zero-order valence-corrected chi connectivity index (χ0v) is 66.3. The minimum absolute atomic E-state index is 0.0579. The predicted octanol–water partition coefficient (Wildman–Crippen LogP) is 27.6. The maximum atomic E-state index is 7.03. The van der Waals surface area contributed by atoms with Crippen LogP contribution in [0, 0.1) is 0 Å². The Hall–Kier alpha value is -12.6. The number of hydrogen-bond acceptors (Lipinski definition) is 3. The van der Waals surface area contributed by atoms with Gasteiger partial charge in [0, 0.05) is 84.2 Å². The molecule has 113 heavy (non-hydrogen) atoms. The van der Waals surface area contributed by atoms with Crippen molar-refractivity contribution in [2.24, 2.45) is 0 Å². The van der Waals surface area contributed by atoms with Crippen LogP contribution in [0.5, 0.6) is 0 Å². The fourth-order valence-electron chi connectivity index (χ4n) is 19.7. The smallest absolute Gasteiger partial charge is 0.252 e. The first kappa shape index (κ1) is 67.3. The van der Waals surface area contributed by atoms with Crippen molar-refractivity contribution in [3.8, 4) is 11.4 Å². The van der Waals surface area contributed by atoms with Gasteiger partial charge in [0.25, 0.3) is 6.71 Å². The number of para-hydroxylation sites is 2. The molecule has 0 spiro atoms. The van der Waals surface area contributed by atoms with E-state index in [9.17, 15) is 0 Å². The van der Waals surface area contributed by atoms with E-state index < -0.39 is 0 Å². The molecule has 20 aromatic rings. The van der Waals surface area contributed by atoms with Gasteiger partial charge in [-0.3, -0.25) is 0 Å². The van der Waals surface area contributed by atoms with Crippen LogP contribution in [-0.2, 0) is 28.1 Å². The number of nitrogens with zero attached hydrogens (tertiary/aromatic N) is 4. The molecule has 0 radical (unpaired) electrons. The third kappa shape index (κ3) is 10.2. The van der Waals surface area contributed by atoms with Gasteiger partial charge in [-0.2, -0.15) is 0 Å². The van der Waals surface area contributed by atoms with E-state index in [4.69, 9.17) is 4.42 Å². The third-order valence-corrected chi connectivity index (χ3v) is 25.5. The number of furan rings is 1. The molecule has 0 atom stereocenters. The topological polar surface area (TPSA) is 29.5 Å². The van der Waals surface area contributed by atoms with Crippen molar-refractivity contribution < 1.29 is 4.42 Å². The van der Waals surface area contributed by atoms with E-state index >= 15 is 0 Å². The van der Waals surface area contributed by atoms with Gasteiger partial charge in [-0.1, -0.05) is 265 Å². The molecule has 17 aromatic carbocycles. The zero-order valence-electron chi connectivity index (χ0n) is 66.3. The van der Waals surface area contributed by atoms with Crippen LogP contribution in [0.3, 0.4) is 0 Å². The Morgan fingerprint density at radius 2 is 0.584 bits per heavy atom.